The Labute approximate surface area is 130 Å². The van der Waals surface area contributed by atoms with Gasteiger partial charge in [0.15, 0.2) is 0 Å². The number of ether oxygens (including phenoxy) is 1. The maximum absolute atomic E-state index is 11.9. The number of carbonyl (C=O) groups excluding carboxylic acids is 1. The standard InChI is InChI=1S/C16H24N2O2S/c1-13(2)15(18-7-9-20-10-8-18)12-17-16(19)6-5-14-4-3-11-21-14/h3-6,11,13,15H,7-10,12H2,1-2H3,(H,17,19)/b6-5+. The number of rotatable bonds is 6. The van der Waals surface area contributed by atoms with Crippen LogP contribution in [0.5, 0.6) is 0 Å². The number of nitrogens with zero attached hydrogens (tertiary/aromatic N) is 1. The van der Waals surface area contributed by atoms with Crippen molar-refractivity contribution in [3.05, 3.63) is 28.5 Å². The summed E-state index contributed by atoms with van der Waals surface area (Å²) in [6.45, 7) is 8.56. The molecule has 1 aliphatic heterocycles. The molecule has 0 saturated carbocycles. The molecule has 4 nitrogen and oxygen atoms in total. The van der Waals surface area contributed by atoms with Crippen molar-refractivity contribution in [3.63, 3.8) is 0 Å². The third kappa shape index (κ3) is 5.26. The molecule has 1 N–H and O–H groups in total. The van der Waals surface area contributed by atoms with Gasteiger partial charge in [-0.1, -0.05) is 19.9 Å². The lowest BCUT2D eigenvalue weighted by atomic mass is 10.0. The van der Waals surface area contributed by atoms with Crippen LogP contribution in [0.2, 0.25) is 0 Å². The Morgan fingerprint density at radius 1 is 1.48 bits per heavy atom. The molecule has 0 aromatic carbocycles. The van der Waals surface area contributed by atoms with Crippen molar-refractivity contribution in [2.75, 3.05) is 32.8 Å². The second kappa shape index (κ2) is 8.32. The lowest BCUT2D eigenvalue weighted by molar-refractivity contribution is -0.116. The van der Waals surface area contributed by atoms with Gasteiger partial charge >= 0.3 is 0 Å². The quantitative estimate of drug-likeness (QED) is 0.820. The van der Waals surface area contributed by atoms with E-state index < -0.39 is 0 Å². The van der Waals surface area contributed by atoms with Gasteiger partial charge in [0.05, 0.1) is 13.2 Å². The maximum atomic E-state index is 11.9. The minimum absolute atomic E-state index is 0.0256. The zero-order valence-corrected chi connectivity index (χ0v) is 13.6. The topological polar surface area (TPSA) is 41.6 Å². The molecule has 1 saturated heterocycles. The molecule has 0 spiro atoms. The molecule has 1 aliphatic rings. The SMILES string of the molecule is CC(C)C(CNC(=O)/C=C/c1cccs1)N1CCOCC1. The highest BCUT2D eigenvalue weighted by Crippen LogP contribution is 2.12. The first-order chi connectivity index (χ1) is 10.2. The van der Waals surface area contributed by atoms with Gasteiger partial charge in [0.25, 0.3) is 0 Å². The Morgan fingerprint density at radius 3 is 2.86 bits per heavy atom. The molecule has 116 valence electrons. The van der Waals surface area contributed by atoms with Gasteiger partial charge in [-0.2, -0.15) is 0 Å². The highest BCUT2D eigenvalue weighted by Gasteiger charge is 2.23. The normalized spacial score (nSPS) is 18.2. The average Bonchev–Trinajstić information content (AvgIpc) is 2.99. The number of amides is 1. The van der Waals surface area contributed by atoms with Crippen LogP contribution in [-0.4, -0.2) is 49.7 Å². The first-order valence-corrected chi connectivity index (χ1v) is 8.36. The zero-order valence-electron chi connectivity index (χ0n) is 12.7. The lowest BCUT2D eigenvalue weighted by Crippen LogP contribution is -2.51. The van der Waals surface area contributed by atoms with E-state index in [1.807, 2.05) is 23.6 Å². The molecule has 1 unspecified atom stereocenters. The minimum atomic E-state index is -0.0256. The molecule has 0 aliphatic carbocycles. The number of hydrogen-bond donors (Lipinski definition) is 1. The number of morpholine rings is 1. The van der Waals surface area contributed by atoms with Crippen molar-refractivity contribution >= 4 is 23.3 Å². The molecule has 21 heavy (non-hydrogen) atoms. The predicted molar refractivity (Wildman–Crippen MR) is 87.4 cm³/mol. The second-order valence-electron chi connectivity index (χ2n) is 5.55. The van der Waals surface area contributed by atoms with Crippen LogP contribution >= 0.6 is 11.3 Å². The van der Waals surface area contributed by atoms with Crippen LogP contribution in [0, 0.1) is 5.92 Å². The Kier molecular flexibility index (Phi) is 6.42. The Morgan fingerprint density at radius 2 is 2.24 bits per heavy atom. The molecule has 1 aromatic heterocycles. The van der Waals surface area contributed by atoms with Crippen LogP contribution in [0.25, 0.3) is 6.08 Å². The summed E-state index contributed by atoms with van der Waals surface area (Å²) in [4.78, 5) is 15.4. The second-order valence-corrected chi connectivity index (χ2v) is 6.53. The first kappa shape index (κ1) is 16.2. The van der Waals surface area contributed by atoms with E-state index in [9.17, 15) is 4.79 Å². The molecular weight excluding hydrogens is 284 g/mol. The van der Waals surface area contributed by atoms with Crippen molar-refractivity contribution in [2.45, 2.75) is 19.9 Å². The first-order valence-electron chi connectivity index (χ1n) is 7.48. The largest absolute Gasteiger partial charge is 0.379 e. The van der Waals surface area contributed by atoms with Gasteiger partial charge in [-0.3, -0.25) is 9.69 Å². The van der Waals surface area contributed by atoms with E-state index in [0.29, 0.717) is 18.5 Å². The fourth-order valence-electron chi connectivity index (χ4n) is 2.50. The third-order valence-corrected chi connectivity index (χ3v) is 4.55. The van der Waals surface area contributed by atoms with Crippen LogP contribution < -0.4 is 5.32 Å². The van der Waals surface area contributed by atoms with Crippen LogP contribution in [0.1, 0.15) is 18.7 Å². The highest BCUT2D eigenvalue weighted by atomic mass is 32.1. The maximum Gasteiger partial charge on any atom is 0.244 e. The van der Waals surface area contributed by atoms with E-state index in [1.54, 1.807) is 17.4 Å². The van der Waals surface area contributed by atoms with E-state index in [1.165, 1.54) is 0 Å². The fraction of sp³-hybridized carbons (Fsp3) is 0.562. The molecule has 5 heteroatoms. The summed E-state index contributed by atoms with van der Waals surface area (Å²) in [5.41, 5.74) is 0. The van der Waals surface area contributed by atoms with Gasteiger partial charge in [0.2, 0.25) is 5.91 Å². The summed E-state index contributed by atoms with van der Waals surface area (Å²) < 4.78 is 5.40. The van der Waals surface area contributed by atoms with Gasteiger partial charge in [-0.15, -0.1) is 11.3 Å². The molecular formula is C16H24N2O2S. The monoisotopic (exact) mass is 308 g/mol. The van der Waals surface area contributed by atoms with Crippen LogP contribution in [0.3, 0.4) is 0 Å². The molecule has 1 atom stereocenters. The summed E-state index contributed by atoms with van der Waals surface area (Å²) in [5, 5.41) is 5.02. The zero-order chi connectivity index (χ0) is 15.1. The van der Waals surface area contributed by atoms with Crippen molar-refractivity contribution < 1.29 is 9.53 Å². The molecule has 1 fully saturated rings. The van der Waals surface area contributed by atoms with Crippen LogP contribution in [0.15, 0.2) is 23.6 Å². The van der Waals surface area contributed by atoms with Crippen LogP contribution in [-0.2, 0) is 9.53 Å². The fourth-order valence-corrected chi connectivity index (χ4v) is 3.12. The van der Waals surface area contributed by atoms with Gasteiger partial charge in [-0.25, -0.2) is 0 Å². The Balaban J connectivity index is 1.82. The predicted octanol–water partition coefficient (Wildman–Crippen LogP) is 2.23. The molecule has 2 heterocycles. The highest BCUT2D eigenvalue weighted by molar-refractivity contribution is 7.10. The smallest absolute Gasteiger partial charge is 0.244 e. The van der Waals surface area contributed by atoms with Crippen LogP contribution in [0.4, 0.5) is 0 Å². The van der Waals surface area contributed by atoms with E-state index >= 15 is 0 Å². The van der Waals surface area contributed by atoms with Gasteiger partial charge in [-0.05, 0) is 23.4 Å². The van der Waals surface area contributed by atoms with E-state index in [-0.39, 0.29) is 5.91 Å². The van der Waals surface area contributed by atoms with Crippen molar-refractivity contribution in [3.8, 4) is 0 Å². The Hall–Kier alpha value is -1.17. The molecule has 2 rings (SSSR count). The molecule has 1 amide bonds. The average molecular weight is 308 g/mol. The summed E-state index contributed by atoms with van der Waals surface area (Å²) in [6.07, 6.45) is 3.47. The minimum Gasteiger partial charge on any atom is -0.379 e. The van der Waals surface area contributed by atoms with Gasteiger partial charge in [0, 0.05) is 36.6 Å². The van der Waals surface area contributed by atoms with E-state index in [4.69, 9.17) is 4.74 Å². The molecule has 0 radical (unpaired) electrons. The van der Waals surface area contributed by atoms with E-state index in [0.717, 1.165) is 31.2 Å². The summed E-state index contributed by atoms with van der Waals surface area (Å²) in [5.74, 6) is 0.479. The molecule has 0 bridgehead atoms. The Bertz CT molecular complexity index is 451. The van der Waals surface area contributed by atoms with Crippen molar-refractivity contribution in [1.29, 1.82) is 0 Å². The van der Waals surface area contributed by atoms with E-state index in [2.05, 4.69) is 24.1 Å². The van der Waals surface area contributed by atoms with Crippen molar-refractivity contribution in [1.82, 2.24) is 10.2 Å². The summed E-state index contributed by atoms with van der Waals surface area (Å²) >= 11 is 1.63. The number of thiophene rings is 1. The number of carbonyl (C=O) groups is 1. The third-order valence-electron chi connectivity index (χ3n) is 3.71. The summed E-state index contributed by atoms with van der Waals surface area (Å²) in [7, 11) is 0. The lowest BCUT2D eigenvalue weighted by Gasteiger charge is -2.36. The van der Waals surface area contributed by atoms with Gasteiger partial charge in [0.1, 0.15) is 0 Å². The number of nitrogens with one attached hydrogen (secondary N) is 1. The summed E-state index contributed by atoms with van der Waals surface area (Å²) in [6, 6.07) is 4.35. The molecule has 1 aromatic rings. The van der Waals surface area contributed by atoms with Crippen molar-refractivity contribution in [2.24, 2.45) is 5.92 Å². The number of hydrogen-bond acceptors (Lipinski definition) is 4. The van der Waals surface area contributed by atoms with Gasteiger partial charge < -0.3 is 10.1 Å².